The second kappa shape index (κ2) is 13.7. The summed E-state index contributed by atoms with van der Waals surface area (Å²) in [5, 5.41) is 39.0. The molecule has 0 amide bonds. The Morgan fingerprint density at radius 3 is 2.38 bits per heavy atom. The van der Waals surface area contributed by atoms with Crippen molar-refractivity contribution in [1.82, 2.24) is 0 Å². The summed E-state index contributed by atoms with van der Waals surface area (Å²) in [6.07, 6.45) is 0.968. The maximum atomic E-state index is 10.1. The average Bonchev–Trinajstić information content (AvgIpc) is 3.05. The minimum Gasteiger partial charge on any atom is -0.550 e. The van der Waals surface area contributed by atoms with E-state index in [9.17, 15) is 34.5 Å². The maximum absolute atomic E-state index is 10.1. The zero-order chi connectivity index (χ0) is 20.0. The van der Waals surface area contributed by atoms with Gasteiger partial charge in [-0.3, -0.25) is 9.59 Å². The molecule has 12 heteroatoms. The molecular formula is C14H20O10S2-2. The molecule has 2 unspecified atom stereocenters. The second-order valence-electron chi connectivity index (χ2n) is 5.14. The first-order valence-electron chi connectivity index (χ1n) is 7.54. The number of unbranched alkanes of at least 4 members (excludes halogenated alkanes) is 1. The molecule has 150 valence electrons. The fourth-order valence-corrected chi connectivity index (χ4v) is 4.87. The molecule has 0 aliphatic carbocycles. The molecule has 1 heterocycles. The highest BCUT2D eigenvalue weighted by atomic mass is 33.1. The largest absolute Gasteiger partial charge is 0.550 e. The fraction of sp³-hybridized carbons (Fsp3) is 0.714. The topological polar surface area (TPSA) is 173 Å². The Balaban J connectivity index is 0.000000485. The monoisotopic (exact) mass is 412 g/mol. The Bertz CT molecular complexity index is 455. The minimum absolute atomic E-state index is 0.227. The van der Waals surface area contributed by atoms with E-state index in [4.69, 9.17) is 5.11 Å². The number of hydrogen-bond donors (Lipinski definition) is 2. The van der Waals surface area contributed by atoms with Gasteiger partial charge in [-0.15, -0.1) is 0 Å². The summed E-state index contributed by atoms with van der Waals surface area (Å²) in [6, 6.07) is 0. The first-order chi connectivity index (χ1) is 12.2. The van der Waals surface area contributed by atoms with Gasteiger partial charge in [0.05, 0.1) is 6.42 Å². The van der Waals surface area contributed by atoms with E-state index < -0.39 is 30.4 Å². The molecule has 0 aromatic heterocycles. The standard InChI is InChI=1S/C8H14O2S2.C6H8O8/c9-8(10)4-2-1-3-7-5-6-11-12-7;7-2-13-5(11)6(12,14-3-8)1-4(9)10/h7H,1-6H2,(H,9,10);2-3,5,11-12H,1H2,(H,9,10)/p-2/t7-;/m1./s1. The number of carboxylic acid groups (broad SMARTS) is 2. The predicted molar refractivity (Wildman–Crippen MR) is 86.8 cm³/mol. The predicted octanol–water partition coefficient (Wildman–Crippen LogP) is -2.07. The van der Waals surface area contributed by atoms with E-state index in [0.717, 1.165) is 18.1 Å². The van der Waals surface area contributed by atoms with Crippen LogP contribution in [0.2, 0.25) is 0 Å². The van der Waals surface area contributed by atoms with Gasteiger partial charge in [0, 0.05) is 22.9 Å². The fourth-order valence-electron chi connectivity index (χ4n) is 1.84. The summed E-state index contributed by atoms with van der Waals surface area (Å²) < 4.78 is 7.69. The molecule has 0 aromatic rings. The van der Waals surface area contributed by atoms with E-state index in [0.29, 0.717) is 0 Å². The molecule has 1 fully saturated rings. The molecule has 1 rings (SSSR count). The van der Waals surface area contributed by atoms with E-state index >= 15 is 0 Å². The van der Waals surface area contributed by atoms with Crippen LogP contribution in [0, 0.1) is 0 Å². The zero-order valence-electron chi connectivity index (χ0n) is 13.7. The first kappa shape index (κ1) is 24.5. The van der Waals surface area contributed by atoms with Crippen LogP contribution in [0.4, 0.5) is 0 Å². The van der Waals surface area contributed by atoms with Crippen LogP contribution in [0.25, 0.3) is 0 Å². The van der Waals surface area contributed by atoms with E-state index in [1.165, 1.54) is 18.6 Å². The van der Waals surface area contributed by atoms with Gasteiger partial charge in [-0.2, -0.15) is 0 Å². The first-order valence-corrected chi connectivity index (χ1v) is 9.92. The Kier molecular flexibility index (Phi) is 12.9. The van der Waals surface area contributed by atoms with Gasteiger partial charge in [-0.25, -0.2) is 0 Å². The second-order valence-corrected chi connectivity index (χ2v) is 7.93. The summed E-state index contributed by atoms with van der Waals surface area (Å²) in [4.78, 5) is 39.8. The molecule has 1 aliphatic heterocycles. The Hall–Kier alpha value is -1.50. The maximum Gasteiger partial charge on any atom is 0.295 e. The highest BCUT2D eigenvalue weighted by Crippen LogP contribution is 2.39. The van der Waals surface area contributed by atoms with Crippen LogP contribution < -0.4 is 10.2 Å². The number of aliphatic hydroxyl groups is 2. The molecule has 2 N–H and O–H groups in total. The molecule has 0 aromatic carbocycles. The normalized spacial score (nSPS) is 19.2. The highest BCUT2D eigenvalue weighted by Gasteiger charge is 2.40. The molecule has 1 aliphatic rings. The van der Waals surface area contributed by atoms with Crippen molar-refractivity contribution in [1.29, 1.82) is 0 Å². The molecule has 0 saturated carbocycles. The molecule has 0 radical (unpaired) electrons. The average molecular weight is 412 g/mol. The quantitative estimate of drug-likeness (QED) is 0.155. The van der Waals surface area contributed by atoms with Gasteiger partial charge in [0.15, 0.2) is 0 Å². The van der Waals surface area contributed by atoms with E-state index in [-0.39, 0.29) is 19.4 Å². The van der Waals surface area contributed by atoms with Gasteiger partial charge in [-0.05, 0) is 25.7 Å². The number of carbonyl (C=O) groups excluding carboxylic acids is 4. The third-order valence-electron chi connectivity index (χ3n) is 3.10. The zero-order valence-corrected chi connectivity index (χ0v) is 15.4. The third-order valence-corrected chi connectivity index (χ3v) is 6.11. The van der Waals surface area contributed by atoms with Gasteiger partial charge in [0.25, 0.3) is 25.0 Å². The van der Waals surface area contributed by atoms with Crippen molar-refractivity contribution < 1.29 is 49.1 Å². The summed E-state index contributed by atoms with van der Waals surface area (Å²) >= 11 is 0. The molecule has 1 saturated heterocycles. The van der Waals surface area contributed by atoms with Crippen molar-refractivity contribution in [2.24, 2.45) is 0 Å². The van der Waals surface area contributed by atoms with Crippen LogP contribution in [-0.4, -0.2) is 58.2 Å². The molecule has 0 spiro atoms. The number of aliphatic carboxylic acids is 2. The Morgan fingerprint density at radius 2 is 1.92 bits per heavy atom. The van der Waals surface area contributed by atoms with Crippen LogP contribution in [0.3, 0.4) is 0 Å². The lowest BCUT2D eigenvalue weighted by molar-refractivity contribution is -0.334. The number of carbonyl (C=O) groups is 4. The molecule has 0 bridgehead atoms. The summed E-state index contributed by atoms with van der Waals surface area (Å²) in [5.74, 6) is -4.30. The summed E-state index contributed by atoms with van der Waals surface area (Å²) in [7, 11) is 3.89. The van der Waals surface area contributed by atoms with Crippen LogP contribution >= 0.6 is 21.6 Å². The Morgan fingerprint density at radius 1 is 1.23 bits per heavy atom. The van der Waals surface area contributed by atoms with Gasteiger partial charge in [-0.1, -0.05) is 28.0 Å². The van der Waals surface area contributed by atoms with E-state index in [2.05, 4.69) is 9.47 Å². The van der Waals surface area contributed by atoms with Gasteiger partial charge < -0.3 is 39.5 Å². The molecule has 26 heavy (non-hydrogen) atoms. The van der Waals surface area contributed by atoms with Crippen LogP contribution in [-0.2, 0) is 28.7 Å². The Labute approximate surface area is 157 Å². The number of ether oxygens (including phenoxy) is 2. The number of carboxylic acids is 2. The highest BCUT2D eigenvalue weighted by molar-refractivity contribution is 8.77. The molecular weight excluding hydrogens is 392 g/mol. The van der Waals surface area contributed by atoms with E-state index in [1.54, 1.807) is 0 Å². The van der Waals surface area contributed by atoms with Crippen molar-refractivity contribution in [2.45, 2.75) is 55.9 Å². The van der Waals surface area contributed by atoms with Crippen LogP contribution in [0.1, 0.15) is 38.5 Å². The smallest absolute Gasteiger partial charge is 0.295 e. The van der Waals surface area contributed by atoms with Gasteiger partial charge in [0.1, 0.15) is 0 Å². The van der Waals surface area contributed by atoms with Crippen LogP contribution in [0.5, 0.6) is 0 Å². The van der Waals surface area contributed by atoms with Crippen molar-refractivity contribution in [3.05, 3.63) is 0 Å². The van der Waals surface area contributed by atoms with Gasteiger partial charge in [0.2, 0.25) is 0 Å². The number of rotatable bonds is 12. The van der Waals surface area contributed by atoms with Crippen molar-refractivity contribution in [3.8, 4) is 0 Å². The number of hydrogen-bond acceptors (Lipinski definition) is 12. The van der Waals surface area contributed by atoms with Gasteiger partial charge >= 0.3 is 0 Å². The van der Waals surface area contributed by atoms with Crippen LogP contribution in [0.15, 0.2) is 0 Å². The van der Waals surface area contributed by atoms with E-state index in [1.807, 2.05) is 21.6 Å². The lowest BCUT2D eigenvalue weighted by Crippen LogP contribution is -2.50. The summed E-state index contributed by atoms with van der Waals surface area (Å²) in [5.41, 5.74) is 0. The van der Waals surface area contributed by atoms with Crippen molar-refractivity contribution in [2.75, 3.05) is 5.75 Å². The molecule has 3 atom stereocenters. The lowest BCUT2D eigenvalue weighted by Gasteiger charge is -2.29. The van der Waals surface area contributed by atoms with Crippen molar-refractivity contribution >= 4 is 46.5 Å². The van der Waals surface area contributed by atoms with Crippen molar-refractivity contribution in [3.63, 3.8) is 0 Å². The summed E-state index contributed by atoms with van der Waals surface area (Å²) in [6.45, 7) is -0.556. The minimum atomic E-state index is -2.85. The lowest BCUT2D eigenvalue weighted by atomic mass is 10.1. The third kappa shape index (κ3) is 11.2. The SMILES string of the molecule is O=C([O-])CCCC[C@@H]1CCSS1.O=COC(O)C(O)(CC(=O)[O-])OC=O. The molecule has 10 nitrogen and oxygen atoms in total. The number of aliphatic hydroxyl groups excluding tert-OH is 1.